The Morgan fingerprint density at radius 2 is 2.12 bits per heavy atom. The number of aryl methyl sites for hydroxylation is 2. The Balaban J connectivity index is 2.03. The van der Waals surface area contributed by atoms with Gasteiger partial charge in [0.15, 0.2) is 17.5 Å². The fraction of sp³-hybridized carbons (Fsp3) is 0.444. The molecule has 1 unspecified atom stereocenters. The zero-order chi connectivity index (χ0) is 18.6. The van der Waals surface area contributed by atoms with Crippen molar-refractivity contribution in [3.8, 4) is 5.75 Å². The van der Waals surface area contributed by atoms with Crippen molar-refractivity contribution in [3.63, 3.8) is 0 Å². The number of ether oxygens (including phenoxy) is 1. The van der Waals surface area contributed by atoms with Crippen molar-refractivity contribution in [1.82, 2.24) is 20.4 Å². The Morgan fingerprint density at radius 1 is 1.40 bits per heavy atom. The number of benzene rings is 1. The number of nitrogens with zero attached hydrogens (tertiary/aromatic N) is 3. The number of aromatic nitrogens is 2. The van der Waals surface area contributed by atoms with Crippen molar-refractivity contribution in [2.24, 2.45) is 12.0 Å². The highest BCUT2D eigenvalue weighted by Gasteiger charge is 2.13. The van der Waals surface area contributed by atoms with Gasteiger partial charge >= 0.3 is 0 Å². The smallest absolute Gasteiger partial charge is 0.191 e. The number of hydrogen-bond acceptors (Lipinski definition) is 3. The summed E-state index contributed by atoms with van der Waals surface area (Å²) in [7, 11) is 5.09. The summed E-state index contributed by atoms with van der Waals surface area (Å²) in [6, 6.07) is 4.82. The van der Waals surface area contributed by atoms with Crippen molar-refractivity contribution >= 4 is 5.96 Å². The fourth-order valence-electron chi connectivity index (χ4n) is 2.68. The maximum Gasteiger partial charge on any atom is 0.191 e. The summed E-state index contributed by atoms with van der Waals surface area (Å²) in [4.78, 5) is 4.24. The molecule has 1 heterocycles. The van der Waals surface area contributed by atoms with E-state index >= 15 is 0 Å². The van der Waals surface area contributed by atoms with E-state index in [0.29, 0.717) is 12.5 Å². The normalized spacial score (nSPS) is 12.8. The second-order valence-corrected chi connectivity index (χ2v) is 5.96. The summed E-state index contributed by atoms with van der Waals surface area (Å²) in [5.74, 6) is 0.505. The molecule has 2 aromatic rings. The zero-order valence-electron chi connectivity index (χ0n) is 15.6. The minimum Gasteiger partial charge on any atom is -0.494 e. The third kappa shape index (κ3) is 4.29. The molecule has 1 aromatic carbocycles. The molecule has 0 saturated heterocycles. The number of aliphatic imine (C=N–C) groups is 1. The second kappa shape index (κ2) is 8.00. The van der Waals surface area contributed by atoms with E-state index in [1.165, 1.54) is 13.2 Å². The van der Waals surface area contributed by atoms with Crippen molar-refractivity contribution < 1.29 is 9.13 Å². The Kier molecular flexibility index (Phi) is 6.01. The van der Waals surface area contributed by atoms with Gasteiger partial charge in [-0.2, -0.15) is 5.10 Å². The van der Waals surface area contributed by atoms with E-state index in [-0.39, 0.29) is 17.6 Å². The van der Waals surface area contributed by atoms with Crippen LogP contribution >= 0.6 is 0 Å². The second-order valence-electron chi connectivity index (χ2n) is 5.96. The van der Waals surface area contributed by atoms with E-state index in [9.17, 15) is 4.39 Å². The zero-order valence-corrected chi connectivity index (χ0v) is 15.6. The summed E-state index contributed by atoms with van der Waals surface area (Å²) in [6.45, 7) is 6.60. The highest BCUT2D eigenvalue weighted by molar-refractivity contribution is 5.80. The van der Waals surface area contributed by atoms with Gasteiger partial charge in [-0.1, -0.05) is 6.07 Å². The topological polar surface area (TPSA) is 63.5 Å². The van der Waals surface area contributed by atoms with Crippen LogP contribution in [0.5, 0.6) is 5.75 Å². The number of nitrogens with one attached hydrogen (secondary N) is 2. The average Bonchev–Trinajstić information content (AvgIpc) is 2.83. The SMILES string of the molecule is CN=C(NCc1c(C)nn(C)c1C)NC(C)c1ccc(OC)c(F)c1. The number of halogens is 1. The van der Waals surface area contributed by atoms with E-state index in [4.69, 9.17) is 4.74 Å². The van der Waals surface area contributed by atoms with Crippen LogP contribution < -0.4 is 15.4 Å². The lowest BCUT2D eigenvalue weighted by Gasteiger charge is -2.19. The number of guanidine groups is 1. The number of rotatable bonds is 5. The van der Waals surface area contributed by atoms with E-state index in [1.807, 2.05) is 38.6 Å². The highest BCUT2D eigenvalue weighted by Crippen LogP contribution is 2.21. The molecule has 2 rings (SSSR count). The number of methoxy groups -OCH3 is 1. The lowest BCUT2D eigenvalue weighted by Crippen LogP contribution is -2.38. The Morgan fingerprint density at radius 3 is 2.64 bits per heavy atom. The molecule has 1 atom stereocenters. The van der Waals surface area contributed by atoms with Crippen LogP contribution in [0.1, 0.15) is 35.5 Å². The van der Waals surface area contributed by atoms with Gasteiger partial charge in [0.05, 0.1) is 18.8 Å². The van der Waals surface area contributed by atoms with Gasteiger partial charge in [-0.15, -0.1) is 0 Å². The summed E-state index contributed by atoms with van der Waals surface area (Å²) in [5, 5.41) is 11.0. The first-order valence-electron chi connectivity index (χ1n) is 8.17. The van der Waals surface area contributed by atoms with Gasteiger partial charge in [-0.05, 0) is 38.5 Å². The molecule has 0 aliphatic heterocycles. The van der Waals surface area contributed by atoms with Gasteiger partial charge in [-0.25, -0.2) is 4.39 Å². The minimum absolute atomic E-state index is 0.109. The van der Waals surface area contributed by atoms with Crippen molar-refractivity contribution in [2.75, 3.05) is 14.2 Å². The molecule has 0 spiro atoms. The molecular formula is C18H26FN5O. The molecule has 0 aliphatic rings. The maximum absolute atomic E-state index is 13.9. The van der Waals surface area contributed by atoms with E-state index in [1.54, 1.807) is 13.1 Å². The quantitative estimate of drug-likeness (QED) is 0.645. The predicted octanol–water partition coefficient (Wildman–Crippen LogP) is 2.61. The van der Waals surface area contributed by atoms with Gasteiger partial charge in [0.2, 0.25) is 0 Å². The first kappa shape index (κ1) is 18.8. The first-order chi connectivity index (χ1) is 11.9. The molecular weight excluding hydrogens is 321 g/mol. The summed E-state index contributed by atoms with van der Waals surface area (Å²) in [5.41, 5.74) is 4.07. The fourth-order valence-corrected chi connectivity index (χ4v) is 2.68. The summed E-state index contributed by atoms with van der Waals surface area (Å²) < 4.78 is 20.7. The van der Waals surface area contributed by atoms with Crippen LogP contribution in [0.15, 0.2) is 23.2 Å². The van der Waals surface area contributed by atoms with Gasteiger partial charge < -0.3 is 15.4 Å². The lowest BCUT2D eigenvalue weighted by molar-refractivity contribution is 0.386. The van der Waals surface area contributed by atoms with E-state index in [2.05, 4.69) is 20.7 Å². The van der Waals surface area contributed by atoms with Gasteiger partial charge in [-0.3, -0.25) is 9.67 Å². The van der Waals surface area contributed by atoms with E-state index in [0.717, 1.165) is 22.5 Å². The summed E-state index contributed by atoms with van der Waals surface area (Å²) in [6.07, 6.45) is 0. The molecule has 7 heteroatoms. The maximum atomic E-state index is 13.9. The standard InChI is InChI=1S/C18H26FN5O/c1-11(14-7-8-17(25-6)16(19)9-14)22-18(20-4)21-10-15-12(2)23-24(5)13(15)3/h7-9,11H,10H2,1-6H3,(H2,20,21,22). The van der Waals surface area contributed by atoms with Crippen LogP contribution in [0.3, 0.4) is 0 Å². The molecule has 0 saturated carbocycles. The largest absolute Gasteiger partial charge is 0.494 e. The molecule has 0 aliphatic carbocycles. The third-order valence-electron chi connectivity index (χ3n) is 4.34. The molecule has 0 bridgehead atoms. The molecule has 0 radical (unpaired) electrons. The van der Waals surface area contributed by atoms with Crippen molar-refractivity contribution in [2.45, 2.75) is 33.4 Å². The number of hydrogen-bond donors (Lipinski definition) is 2. The summed E-state index contributed by atoms with van der Waals surface area (Å²) >= 11 is 0. The van der Waals surface area contributed by atoms with Gasteiger partial charge in [0.1, 0.15) is 0 Å². The van der Waals surface area contributed by atoms with Crippen LogP contribution in [0.2, 0.25) is 0 Å². The van der Waals surface area contributed by atoms with E-state index < -0.39 is 0 Å². The molecule has 0 fully saturated rings. The molecule has 6 nitrogen and oxygen atoms in total. The molecule has 0 amide bonds. The van der Waals surface area contributed by atoms with Gasteiger partial charge in [0.25, 0.3) is 0 Å². The van der Waals surface area contributed by atoms with Crippen LogP contribution in [0.4, 0.5) is 4.39 Å². The molecule has 136 valence electrons. The molecule has 2 N–H and O–H groups in total. The minimum atomic E-state index is -0.377. The molecule has 25 heavy (non-hydrogen) atoms. The van der Waals surface area contributed by atoms with Gasteiger partial charge in [0, 0.05) is 31.9 Å². The average molecular weight is 347 g/mol. The third-order valence-corrected chi connectivity index (χ3v) is 4.34. The predicted molar refractivity (Wildman–Crippen MR) is 97.4 cm³/mol. The molecule has 1 aromatic heterocycles. The Hall–Kier alpha value is -2.57. The monoisotopic (exact) mass is 347 g/mol. The van der Waals surface area contributed by atoms with Crippen LogP contribution in [0, 0.1) is 19.7 Å². The van der Waals surface area contributed by atoms with Crippen molar-refractivity contribution in [3.05, 3.63) is 46.5 Å². The highest BCUT2D eigenvalue weighted by atomic mass is 19.1. The Labute approximate surface area is 148 Å². The van der Waals surface area contributed by atoms with Crippen LogP contribution in [-0.4, -0.2) is 29.9 Å². The van der Waals surface area contributed by atoms with Crippen LogP contribution in [0.25, 0.3) is 0 Å². The first-order valence-corrected chi connectivity index (χ1v) is 8.17. The lowest BCUT2D eigenvalue weighted by atomic mass is 10.1. The Bertz CT molecular complexity index is 769. The van der Waals surface area contributed by atoms with Crippen LogP contribution in [-0.2, 0) is 13.6 Å². The van der Waals surface area contributed by atoms with Crippen molar-refractivity contribution in [1.29, 1.82) is 0 Å².